The molecule has 246 valence electrons. The van der Waals surface area contributed by atoms with Crippen molar-refractivity contribution < 1.29 is 9.31 Å². The molecule has 2 aromatic carbocycles. The van der Waals surface area contributed by atoms with E-state index >= 15 is 0 Å². The summed E-state index contributed by atoms with van der Waals surface area (Å²) < 4.78 is 18.9. The molecule has 6 aromatic rings. The van der Waals surface area contributed by atoms with Gasteiger partial charge in [-0.3, -0.25) is 19.3 Å². The van der Waals surface area contributed by atoms with Gasteiger partial charge in [-0.1, -0.05) is 60.7 Å². The molecular weight excluding hydrogens is 799 g/mol. The van der Waals surface area contributed by atoms with Gasteiger partial charge >= 0.3 is 7.12 Å². The van der Waals surface area contributed by atoms with Gasteiger partial charge in [-0.2, -0.15) is 10.2 Å². The van der Waals surface area contributed by atoms with E-state index in [1.807, 2.05) is 88.9 Å². The van der Waals surface area contributed by atoms with Gasteiger partial charge in [-0.05, 0) is 98.7 Å². The van der Waals surface area contributed by atoms with E-state index < -0.39 is 0 Å². The molecule has 0 saturated carbocycles. The van der Waals surface area contributed by atoms with Crippen LogP contribution in [-0.2, 0) is 22.4 Å². The van der Waals surface area contributed by atoms with Crippen molar-refractivity contribution in [2.45, 2.75) is 52.0 Å². The molecule has 1 aliphatic heterocycles. The lowest BCUT2D eigenvalue weighted by molar-refractivity contribution is 0.00578. The SMILES string of the molecule is Brc1cncc(-c2cnn(Cc3ccccc3)c2)c1.Brc1cncc(Br)c1.CC1(C)OB(c2cnn(Cc3ccccc3)c2)OC1(C)C. The third kappa shape index (κ3) is 10.1. The average molecular weight is 835 g/mol. The summed E-state index contributed by atoms with van der Waals surface area (Å²) >= 11 is 9.97. The summed E-state index contributed by atoms with van der Waals surface area (Å²) in [5, 5.41) is 8.80. The lowest BCUT2D eigenvalue weighted by Gasteiger charge is -2.32. The zero-order valence-electron chi connectivity index (χ0n) is 27.2. The van der Waals surface area contributed by atoms with E-state index in [-0.39, 0.29) is 18.3 Å². The standard InChI is InChI=1S/C16H21BN2O2.C15H12BrN3.C5H3Br2N/c1-15(2)16(3,4)21-17(20-15)14-10-18-19(12-14)11-13-8-6-5-7-9-13;16-15-6-13(7-17-9-15)14-8-18-19(11-14)10-12-4-2-1-3-5-12;6-4-1-5(7)3-8-2-4/h5-10,12H,11H2,1-4H3;1-9,11H,10H2;1-3H. The van der Waals surface area contributed by atoms with Crippen molar-refractivity contribution in [3.63, 3.8) is 0 Å². The maximum atomic E-state index is 6.04. The van der Waals surface area contributed by atoms with Crippen molar-refractivity contribution in [1.29, 1.82) is 0 Å². The Morgan fingerprint density at radius 3 is 1.56 bits per heavy atom. The zero-order valence-corrected chi connectivity index (χ0v) is 31.9. The molecule has 0 N–H and O–H groups in total. The van der Waals surface area contributed by atoms with Crippen molar-refractivity contribution in [2.24, 2.45) is 0 Å². The lowest BCUT2D eigenvalue weighted by atomic mass is 9.82. The Hall–Kier alpha value is -3.42. The molecule has 0 spiro atoms. The fraction of sp³-hybridized carbons (Fsp3) is 0.222. The molecular formula is C36H36BBr3N6O2. The van der Waals surface area contributed by atoms with Crippen LogP contribution in [0, 0.1) is 0 Å². The first kappa shape index (κ1) is 35.9. The molecule has 0 bridgehead atoms. The van der Waals surface area contributed by atoms with Crippen LogP contribution in [0.15, 0.2) is 136 Å². The molecule has 0 unspecified atom stereocenters. The van der Waals surface area contributed by atoms with Crippen LogP contribution < -0.4 is 5.46 Å². The predicted molar refractivity (Wildman–Crippen MR) is 202 cm³/mol. The summed E-state index contributed by atoms with van der Waals surface area (Å²) in [4.78, 5) is 8.06. The second-order valence-corrected chi connectivity index (χ2v) is 14.9. The van der Waals surface area contributed by atoms with E-state index in [1.165, 1.54) is 11.1 Å². The van der Waals surface area contributed by atoms with Crippen LogP contribution in [0.2, 0.25) is 0 Å². The fourth-order valence-electron chi connectivity index (χ4n) is 4.66. The molecule has 8 nitrogen and oxygen atoms in total. The molecule has 0 aliphatic carbocycles. The van der Waals surface area contributed by atoms with Crippen LogP contribution in [0.5, 0.6) is 0 Å². The third-order valence-corrected chi connectivity index (χ3v) is 9.20. The number of hydrogen-bond donors (Lipinski definition) is 0. The molecule has 5 heterocycles. The van der Waals surface area contributed by atoms with Crippen molar-refractivity contribution in [1.82, 2.24) is 29.5 Å². The van der Waals surface area contributed by atoms with Crippen molar-refractivity contribution in [2.75, 3.05) is 0 Å². The van der Waals surface area contributed by atoms with Gasteiger partial charge in [0.25, 0.3) is 0 Å². The van der Waals surface area contributed by atoms with Crippen LogP contribution in [0.25, 0.3) is 11.1 Å². The Morgan fingerprint density at radius 1 is 0.583 bits per heavy atom. The minimum absolute atomic E-state index is 0.320. The minimum Gasteiger partial charge on any atom is -0.399 e. The van der Waals surface area contributed by atoms with Crippen LogP contribution in [0.4, 0.5) is 0 Å². The number of hydrogen-bond acceptors (Lipinski definition) is 6. The number of pyridine rings is 2. The van der Waals surface area contributed by atoms with E-state index in [1.54, 1.807) is 18.6 Å². The van der Waals surface area contributed by atoms with Crippen LogP contribution >= 0.6 is 47.8 Å². The highest BCUT2D eigenvalue weighted by Crippen LogP contribution is 2.36. The quantitative estimate of drug-likeness (QED) is 0.157. The number of benzene rings is 2. The highest BCUT2D eigenvalue weighted by molar-refractivity contribution is 9.11. The van der Waals surface area contributed by atoms with Gasteiger partial charge in [0.05, 0.1) is 30.5 Å². The molecule has 1 aliphatic rings. The van der Waals surface area contributed by atoms with Crippen molar-refractivity contribution in [3.8, 4) is 11.1 Å². The van der Waals surface area contributed by atoms with E-state index in [0.29, 0.717) is 0 Å². The van der Waals surface area contributed by atoms with Gasteiger partial charge in [0, 0.05) is 73.4 Å². The normalized spacial score (nSPS) is 14.4. The number of halogens is 3. The van der Waals surface area contributed by atoms with E-state index in [4.69, 9.17) is 9.31 Å². The predicted octanol–water partition coefficient (Wildman–Crippen LogP) is 8.59. The Balaban J connectivity index is 0.000000154. The molecule has 1 fully saturated rings. The summed E-state index contributed by atoms with van der Waals surface area (Å²) in [6.45, 7) is 9.76. The Kier molecular flexibility index (Phi) is 12.2. The van der Waals surface area contributed by atoms with Gasteiger partial charge < -0.3 is 9.31 Å². The van der Waals surface area contributed by atoms with Crippen LogP contribution in [0.1, 0.15) is 38.8 Å². The first-order chi connectivity index (χ1) is 23.0. The lowest BCUT2D eigenvalue weighted by Crippen LogP contribution is -2.41. The maximum Gasteiger partial charge on any atom is 0.498 e. The molecule has 0 radical (unpaired) electrons. The van der Waals surface area contributed by atoms with Crippen LogP contribution in [0.3, 0.4) is 0 Å². The third-order valence-electron chi connectivity index (χ3n) is 7.90. The van der Waals surface area contributed by atoms with E-state index in [9.17, 15) is 0 Å². The molecule has 48 heavy (non-hydrogen) atoms. The molecule has 7 rings (SSSR count). The minimum atomic E-state index is -0.348. The van der Waals surface area contributed by atoms with E-state index in [2.05, 4.69) is 120 Å². The molecule has 0 amide bonds. The second kappa shape index (κ2) is 16.3. The van der Waals surface area contributed by atoms with Gasteiger partial charge in [0.15, 0.2) is 0 Å². The Bertz CT molecular complexity index is 1870. The van der Waals surface area contributed by atoms with Gasteiger partial charge in [0.2, 0.25) is 0 Å². The molecule has 4 aromatic heterocycles. The van der Waals surface area contributed by atoms with Crippen LogP contribution in [-0.4, -0.2) is 47.8 Å². The van der Waals surface area contributed by atoms with Gasteiger partial charge in [0.1, 0.15) is 0 Å². The number of nitrogens with zero attached hydrogens (tertiary/aromatic N) is 6. The second-order valence-electron chi connectivity index (χ2n) is 12.2. The summed E-state index contributed by atoms with van der Waals surface area (Å²) in [5.41, 5.74) is 4.92. The maximum absolute atomic E-state index is 6.04. The van der Waals surface area contributed by atoms with Crippen molar-refractivity contribution in [3.05, 3.63) is 147 Å². The van der Waals surface area contributed by atoms with Crippen molar-refractivity contribution >= 4 is 60.4 Å². The van der Waals surface area contributed by atoms with Gasteiger partial charge in [-0.25, -0.2) is 0 Å². The Morgan fingerprint density at radius 2 is 1.06 bits per heavy atom. The topological polar surface area (TPSA) is 79.9 Å². The highest BCUT2D eigenvalue weighted by atomic mass is 79.9. The fourth-order valence-corrected chi connectivity index (χ4v) is 6.06. The summed E-state index contributed by atoms with van der Waals surface area (Å²) in [5.74, 6) is 0. The average Bonchev–Trinajstić information content (AvgIpc) is 3.77. The monoisotopic (exact) mass is 832 g/mol. The highest BCUT2D eigenvalue weighted by Gasteiger charge is 2.52. The zero-order chi connectivity index (χ0) is 34.1. The molecule has 1 saturated heterocycles. The Labute approximate surface area is 307 Å². The number of rotatable bonds is 6. The summed E-state index contributed by atoms with van der Waals surface area (Å²) in [7, 11) is -0.348. The molecule has 12 heteroatoms. The summed E-state index contributed by atoms with van der Waals surface area (Å²) in [6, 6.07) is 24.5. The van der Waals surface area contributed by atoms with Gasteiger partial charge in [-0.15, -0.1) is 0 Å². The first-order valence-corrected chi connectivity index (χ1v) is 17.7. The first-order valence-electron chi connectivity index (χ1n) is 15.3. The summed E-state index contributed by atoms with van der Waals surface area (Å²) in [6.07, 6.45) is 14.8. The molecule has 0 atom stereocenters. The van der Waals surface area contributed by atoms with E-state index in [0.717, 1.165) is 43.1 Å². The largest absolute Gasteiger partial charge is 0.498 e. The number of aromatic nitrogens is 6. The smallest absolute Gasteiger partial charge is 0.399 e.